The van der Waals surface area contributed by atoms with Gasteiger partial charge in [-0.05, 0) is 44.4 Å². The molecular formula is C16H21N3O. The van der Waals surface area contributed by atoms with Gasteiger partial charge < -0.3 is 10.4 Å². The zero-order chi connectivity index (χ0) is 14.1. The molecule has 4 heteroatoms. The van der Waals surface area contributed by atoms with Crippen LogP contribution in [0.15, 0.2) is 24.3 Å². The average molecular weight is 271 g/mol. The minimum absolute atomic E-state index is 0.305. The second kappa shape index (κ2) is 5.29. The first-order chi connectivity index (χ1) is 9.63. The maximum atomic E-state index is 9.53. The van der Waals surface area contributed by atoms with Crippen molar-refractivity contribution in [3.05, 3.63) is 46.8 Å². The number of benzene rings is 1. The van der Waals surface area contributed by atoms with Crippen LogP contribution in [0, 0.1) is 13.8 Å². The molecule has 0 bridgehead atoms. The molecule has 0 amide bonds. The van der Waals surface area contributed by atoms with E-state index in [0.717, 1.165) is 17.8 Å². The third-order valence-electron chi connectivity index (χ3n) is 3.92. The molecule has 0 radical (unpaired) electrons. The minimum Gasteiger partial charge on any atom is -0.508 e. The normalized spacial score (nSPS) is 14.7. The monoisotopic (exact) mass is 271 g/mol. The highest BCUT2D eigenvalue weighted by molar-refractivity contribution is 5.29. The van der Waals surface area contributed by atoms with Crippen LogP contribution in [-0.2, 0) is 13.1 Å². The van der Waals surface area contributed by atoms with E-state index in [-0.39, 0.29) is 0 Å². The van der Waals surface area contributed by atoms with Crippen molar-refractivity contribution in [1.82, 2.24) is 15.1 Å². The third-order valence-corrected chi connectivity index (χ3v) is 3.92. The van der Waals surface area contributed by atoms with Gasteiger partial charge in [0.1, 0.15) is 5.75 Å². The van der Waals surface area contributed by atoms with E-state index in [0.29, 0.717) is 18.3 Å². The summed E-state index contributed by atoms with van der Waals surface area (Å²) in [6.07, 6.45) is 2.60. The van der Waals surface area contributed by atoms with Gasteiger partial charge in [-0.3, -0.25) is 4.68 Å². The van der Waals surface area contributed by atoms with Crippen molar-refractivity contribution >= 4 is 0 Å². The van der Waals surface area contributed by atoms with Crippen LogP contribution >= 0.6 is 0 Å². The van der Waals surface area contributed by atoms with Crippen LogP contribution in [0.1, 0.15) is 35.4 Å². The van der Waals surface area contributed by atoms with Gasteiger partial charge in [-0.25, -0.2) is 0 Å². The number of hydrogen-bond acceptors (Lipinski definition) is 3. The highest BCUT2D eigenvalue weighted by Gasteiger charge is 2.21. The Balaban J connectivity index is 1.77. The van der Waals surface area contributed by atoms with Crippen LogP contribution in [0.5, 0.6) is 5.75 Å². The van der Waals surface area contributed by atoms with Gasteiger partial charge in [0.2, 0.25) is 0 Å². The second-order valence-electron chi connectivity index (χ2n) is 5.63. The first-order valence-electron chi connectivity index (χ1n) is 7.17. The summed E-state index contributed by atoms with van der Waals surface area (Å²) in [4.78, 5) is 0. The lowest BCUT2D eigenvalue weighted by Gasteiger charge is -2.07. The fourth-order valence-electron chi connectivity index (χ4n) is 2.51. The van der Waals surface area contributed by atoms with Crippen molar-refractivity contribution in [3.63, 3.8) is 0 Å². The highest BCUT2D eigenvalue weighted by Crippen LogP contribution is 2.21. The molecule has 1 aliphatic rings. The molecule has 106 valence electrons. The number of nitrogens with one attached hydrogen (secondary N) is 1. The van der Waals surface area contributed by atoms with Crippen LogP contribution in [0.25, 0.3) is 0 Å². The van der Waals surface area contributed by atoms with E-state index < -0.39 is 0 Å². The molecule has 1 heterocycles. The van der Waals surface area contributed by atoms with Crippen LogP contribution in [0.2, 0.25) is 0 Å². The van der Waals surface area contributed by atoms with Gasteiger partial charge in [0, 0.05) is 23.8 Å². The van der Waals surface area contributed by atoms with E-state index in [9.17, 15) is 5.11 Å². The Hall–Kier alpha value is -1.81. The van der Waals surface area contributed by atoms with Gasteiger partial charge in [-0.15, -0.1) is 0 Å². The Morgan fingerprint density at radius 2 is 2.15 bits per heavy atom. The van der Waals surface area contributed by atoms with Crippen molar-refractivity contribution in [2.45, 2.75) is 45.8 Å². The van der Waals surface area contributed by atoms with Crippen LogP contribution in [-0.4, -0.2) is 20.9 Å². The largest absolute Gasteiger partial charge is 0.508 e. The molecule has 1 saturated carbocycles. The van der Waals surface area contributed by atoms with E-state index in [2.05, 4.69) is 24.3 Å². The number of aromatic hydroxyl groups is 1. The minimum atomic E-state index is 0.305. The van der Waals surface area contributed by atoms with E-state index >= 15 is 0 Å². The van der Waals surface area contributed by atoms with Gasteiger partial charge in [0.15, 0.2) is 0 Å². The SMILES string of the molecule is Cc1nn(Cc2cccc(O)c2)c(C)c1CNC1CC1. The summed E-state index contributed by atoms with van der Waals surface area (Å²) in [5, 5.41) is 17.7. The molecule has 1 aromatic carbocycles. The molecule has 0 atom stereocenters. The third kappa shape index (κ3) is 2.85. The molecule has 3 rings (SSSR count). The van der Waals surface area contributed by atoms with Gasteiger partial charge in [-0.1, -0.05) is 12.1 Å². The molecule has 0 saturated heterocycles. The van der Waals surface area contributed by atoms with Gasteiger partial charge in [0.25, 0.3) is 0 Å². The topological polar surface area (TPSA) is 50.1 Å². The van der Waals surface area contributed by atoms with Crippen LogP contribution in [0.3, 0.4) is 0 Å². The fourth-order valence-corrected chi connectivity index (χ4v) is 2.51. The summed E-state index contributed by atoms with van der Waals surface area (Å²) < 4.78 is 2.02. The first-order valence-corrected chi connectivity index (χ1v) is 7.17. The number of phenolic OH excluding ortho intramolecular Hbond substituents is 1. The fraction of sp³-hybridized carbons (Fsp3) is 0.438. The summed E-state index contributed by atoms with van der Waals surface area (Å²) in [5.41, 5.74) is 4.67. The molecule has 2 N–H and O–H groups in total. The van der Waals surface area contributed by atoms with Crippen molar-refractivity contribution < 1.29 is 5.11 Å². The number of rotatable bonds is 5. The van der Waals surface area contributed by atoms with Gasteiger partial charge in [0.05, 0.1) is 12.2 Å². The summed E-state index contributed by atoms with van der Waals surface area (Å²) in [6, 6.07) is 8.07. The van der Waals surface area contributed by atoms with E-state index in [1.54, 1.807) is 12.1 Å². The Labute approximate surface area is 119 Å². The lowest BCUT2D eigenvalue weighted by atomic mass is 10.2. The molecule has 2 aromatic rings. The Kier molecular flexibility index (Phi) is 3.49. The maximum absolute atomic E-state index is 9.53. The number of nitrogens with zero attached hydrogens (tertiary/aromatic N) is 2. The van der Waals surface area contributed by atoms with E-state index in [4.69, 9.17) is 0 Å². The molecule has 1 aromatic heterocycles. The molecular weight excluding hydrogens is 250 g/mol. The molecule has 1 aliphatic carbocycles. The highest BCUT2D eigenvalue weighted by atomic mass is 16.3. The Bertz CT molecular complexity index is 614. The Morgan fingerprint density at radius 1 is 1.35 bits per heavy atom. The van der Waals surface area contributed by atoms with Crippen LogP contribution in [0.4, 0.5) is 0 Å². The number of aryl methyl sites for hydroxylation is 1. The first kappa shape index (κ1) is 13.2. The predicted octanol–water partition coefficient (Wildman–Crippen LogP) is 2.51. The van der Waals surface area contributed by atoms with Crippen molar-refractivity contribution in [3.8, 4) is 5.75 Å². The molecule has 20 heavy (non-hydrogen) atoms. The quantitative estimate of drug-likeness (QED) is 0.878. The van der Waals surface area contributed by atoms with E-state index in [1.807, 2.05) is 16.8 Å². The molecule has 1 fully saturated rings. The smallest absolute Gasteiger partial charge is 0.115 e. The zero-order valence-corrected chi connectivity index (χ0v) is 12.1. The van der Waals surface area contributed by atoms with Crippen LogP contribution < -0.4 is 5.32 Å². The standard InChI is InChI=1S/C16H21N3O/c1-11-16(9-17-14-6-7-14)12(2)19(18-11)10-13-4-3-5-15(20)8-13/h3-5,8,14,17,20H,6-7,9-10H2,1-2H3. The summed E-state index contributed by atoms with van der Waals surface area (Å²) in [7, 11) is 0. The van der Waals surface area contributed by atoms with Crippen molar-refractivity contribution in [2.75, 3.05) is 0 Å². The molecule has 0 unspecified atom stereocenters. The second-order valence-corrected chi connectivity index (χ2v) is 5.63. The number of aromatic nitrogens is 2. The predicted molar refractivity (Wildman–Crippen MR) is 78.8 cm³/mol. The lowest BCUT2D eigenvalue weighted by Crippen LogP contribution is -2.16. The Morgan fingerprint density at radius 3 is 2.85 bits per heavy atom. The molecule has 0 spiro atoms. The van der Waals surface area contributed by atoms with Gasteiger partial charge in [-0.2, -0.15) is 5.10 Å². The van der Waals surface area contributed by atoms with E-state index in [1.165, 1.54) is 24.1 Å². The average Bonchev–Trinajstić information content (AvgIpc) is 3.18. The summed E-state index contributed by atoms with van der Waals surface area (Å²) >= 11 is 0. The maximum Gasteiger partial charge on any atom is 0.115 e. The van der Waals surface area contributed by atoms with Gasteiger partial charge >= 0.3 is 0 Å². The molecule has 4 nitrogen and oxygen atoms in total. The van der Waals surface area contributed by atoms with Crippen molar-refractivity contribution in [2.24, 2.45) is 0 Å². The lowest BCUT2D eigenvalue weighted by molar-refractivity contribution is 0.474. The summed E-state index contributed by atoms with van der Waals surface area (Å²) in [6.45, 7) is 5.79. The zero-order valence-electron chi connectivity index (χ0n) is 12.1. The number of phenols is 1. The molecule has 0 aliphatic heterocycles. The number of hydrogen-bond donors (Lipinski definition) is 2. The van der Waals surface area contributed by atoms with Crippen molar-refractivity contribution in [1.29, 1.82) is 0 Å². The summed E-state index contributed by atoms with van der Waals surface area (Å²) in [5.74, 6) is 0.305.